The summed E-state index contributed by atoms with van der Waals surface area (Å²) in [4.78, 5) is 0. The van der Waals surface area contributed by atoms with Gasteiger partial charge in [0.15, 0.2) is 0 Å². The van der Waals surface area contributed by atoms with E-state index in [1.54, 1.807) is 0 Å². The molecule has 0 saturated carbocycles. The van der Waals surface area contributed by atoms with Gasteiger partial charge in [-0.25, -0.2) is 0 Å². The summed E-state index contributed by atoms with van der Waals surface area (Å²) >= 11 is 0. The Hall–Kier alpha value is 1.50. The van der Waals surface area contributed by atoms with E-state index < -0.39 is 0 Å². The van der Waals surface area contributed by atoms with Gasteiger partial charge in [0, 0.05) is 0 Å². The molecule has 0 bridgehead atoms. The molecule has 0 fully saturated rings. The Bertz CT molecular complexity index is 6.00. The van der Waals surface area contributed by atoms with Crippen LogP contribution in [0, 0.1) is 0 Å². The smallest absolute Gasteiger partial charge is 2.00 e. The van der Waals surface area contributed by atoms with E-state index in [0.717, 1.165) is 0 Å². The molecule has 0 rings (SSSR count). The van der Waals surface area contributed by atoms with Crippen molar-refractivity contribution in [1.29, 1.82) is 0 Å². The molecule has 0 heterocycles. The maximum atomic E-state index is 0. The number of rotatable bonds is 0. The van der Waals surface area contributed by atoms with Gasteiger partial charge in [-0.05, 0) is 0 Å². The van der Waals surface area contributed by atoms with Crippen LogP contribution in [-0.4, -0.2) is 0 Å². The zero-order chi connectivity index (χ0) is 0. The van der Waals surface area contributed by atoms with E-state index in [0.29, 0.717) is 0 Å². The summed E-state index contributed by atoms with van der Waals surface area (Å²) in [6, 6.07) is 0. The van der Waals surface area contributed by atoms with Crippen molar-refractivity contribution in [1.82, 2.24) is 0 Å². The van der Waals surface area contributed by atoms with Crippen LogP contribution in [0.5, 0.6) is 0 Å². The zero-order valence-corrected chi connectivity index (χ0v) is 6.97. The largest absolute Gasteiger partial charge is 4.00 e. The molecule has 0 aliphatic carbocycles. The Morgan fingerprint density at radius 3 is 0.750 bits per heavy atom. The molecule has 0 spiro atoms. The summed E-state index contributed by atoms with van der Waals surface area (Å²) in [6.45, 7) is 0. The molecule has 0 aromatic rings. The molecule has 0 amide bonds. The number of hydrogen-bond donors (Lipinski definition) is 0. The van der Waals surface area contributed by atoms with Gasteiger partial charge in [0.25, 0.3) is 0 Å². The monoisotopic (exact) mass is 260 g/mol. The van der Waals surface area contributed by atoms with Gasteiger partial charge in [-0.2, -0.15) is 0 Å². The minimum absolute atomic E-state index is 0. The van der Waals surface area contributed by atoms with Gasteiger partial charge in [0.2, 0.25) is 0 Å². The van der Waals surface area contributed by atoms with Crippen molar-refractivity contribution >= 4 is 0 Å². The van der Waals surface area contributed by atoms with Crippen molar-refractivity contribution in [3.05, 3.63) is 0 Å². The van der Waals surface area contributed by atoms with Crippen LogP contribution in [-0.2, 0) is 58.5 Å². The first-order valence-corrected chi connectivity index (χ1v) is 0. The normalized spacial score (nSPS) is 0. The molecule has 0 atom stereocenters. The van der Waals surface area contributed by atoms with Crippen LogP contribution in [0.4, 0.5) is 0 Å². The van der Waals surface area contributed by atoms with Crippen molar-refractivity contribution < 1.29 is 58.5 Å². The summed E-state index contributed by atoms with van der Waals surface area (Å²) in [7, 11) is 0. The molecule has 0 aromatic carbocycles. The van der Waals surface area contributed by atoms with E-state index in [-0.39, 0.29) is 58.5 Å². The second-order valence-corrected chi connectivity index (χ2v) is 0. The van der Waals surface area contributed by atoms with Gasteiger partial charge in [0.1, 0.15) is 0 Å². The van der Waals surface area contributed by atoms with Crippen molar-refractivity contribution in [2.75, 3.05) is 0 Å². The molecule has 0 aliphatic heterocycles. The van der Waals surface area contributed by atoms with E-state index in [1.807, 2.05) is 0 Å². The van der Waals surface area contributed by atoms with E-state index in [4.69, 9.17) is 0 Å². The zero-order valence-electron chi connectivity index (χ0n) is 1.82. The third kappa shape index (κ3) is 9.71. The average Bonchev–Trinajstić information content (AvgIpc) is 0. The number of hydrogen-bond acceptors (Lipinski definition) is 0. The van der Waals surface area contributed by atoms with Crippen LogP contribution in [0.1, 0.15) is 0 Å². The van der Waals surface area contributed by atoms with Gasteiger partial charge in [0.05, 0.1) is 0 Å². The molecule has 4 heavy (non-hydrogen) atoms. The van der Waals surface area contributed by atoms with Crippen LogP contribution < -0.4 is 0 Å². The van der Waals surface area contributed by atoms with Crippen molar-refractivity contribution in [2.45, 2.75) is 0 Å². The summed E-state index contributed by atoms with van der Waals surface area (Å²) in [5, 5.41) is 0. The molecule has 0 saturated heterocycles. The summed E-state index contributed by atoms with van der Waals surface area (Å²) in [5.41, 5.74) is 0. The molecule has 2 nitrogen and oxygen atoms in total. The Morgan fingerprint density at radius 1 is 0.750 bits per heavy atom. The molecule has 0 radical (unpaired) electrons. The van der Waals surface area contributed by atoms with E-state index >= 15 is 0 Å². The fraction of sp³-hybridized carbons (Fsp3) is 0. The fourth-order valence-electron chi connectivity index (χ4n) is 0. The Labute approximate surface area is 58.2 Å². The van der Waals surface area contributed by atoms with E-state index in [2.05, 4.69) is 0 Å². The van der Waals surface area contributed by atoms with Crippen molar-refractivity contribution in [3.63, 3.8) is 0 Å². The Morgan fingerprint density at radius 2 is 0.750 bits per heavy atom. The molecular formula is HfO2Ti+4. The average molecular weight is 258 g/mol. The molecule has 0 aromatic heterocycles. The quantitative estimate of drug-likeness (QED) is 0.538. The topological polar surface area (TPSA) is 57.0 Å². The predicted molar refractivity (Wildman–Crippen MR) is 1.37 cm³/mol. The first-order valence-electron chi connectivity index (χ1n) is 0. The van der Waals surface area contributed by atoms with E-state index in [1.165, 1.54) is 0 Å². The van der Waals surface area contributed by atoms with Gasteiger partial charge in [-0.3, -0.25) is 0 Å². The molecule has 0 aliphatic rings. The first kappa shape index (κ1) is 49.3. The van der Waals surface area contributed by atoms with Crippen LogP contribution in [0.25, 0.3) is 0 Å². The van der Waals surface area contributed by atoms with Gasteiger partial charge < -0.3 is 11.0 Å². The van der Waals surface area contributed by atoms with Crippen LogP contribution in [0.3, 0.4) is 0 Å². The molecule has 4 heteroatoms. The first-order chi connectivity index (χ1) is 0. The predicted octanol–water partition coefficient (Wildman–Crippen LogP) is -0.243. The van der Waals surface area contributed by atoms with Gasteiger partial charge >= 0.3 is 47.6 Å². The second-order valence-electron chi connectivity index (χ2n) is 0. The van der Waals surface area contributed by atoms with Crippen LogP contribution >= 0.6 is 0 Å². The summed E-state index contributed by atoms with van der Waals surface area (Å²) in [5.74, 6) is 0. The third-order valence-electron chi connectivity index (χ3n) is 0. The second kappa shape index (κ2) is 24.4. The maximum absolute atomic E-state index is 0. The van der Waals surface area contributed by atoms with Gasteiger partial charge in [-0.1, -0.05) is 0 Å². The SMILES string of the molecule is [Hf+4].[O-2].[O-2].[Ti+4]. The molecule has 0 unspecified atom stereocenters. The van der Waals surface area contributed by atoms with Crippen LogP contribution in [0.15, 0.2) is 0 Å². The van der Waals surface area contributed by atoms with Crippen LogP contribution in [0.2, 0.25) is 0 Å². The van der Waals surface area contributed by atoms with Gasteiger partial charge in [-0.15, -0.1) is 0 Å². The molecule has 0 N–H and O–H groups in total. The van der Waals surface area contributed by atoms with E-state index in [9.17, 15) is 0 Å². The Balaban J connectivity index is 0. The third-order valence-corrected chi connectivity index (χ3v) is 0. The molecular weight excluding hydrogens is 258 g/mol. The fourth-order valence-corrected chi connectivity index (χ4v) is 0. The standard InChI is InChI=1S/Hf.2O.Ti/q+4;2*-2;+4. The summed E-state index contributed by atoms with van der Waals surface area (Å²) < 4.78 is 0. The minimum Gasteiger partial charge on any atom is -2.00 e. The van der Waals surface area contributed by atoms with Crippen molar-refractivity contribution in [3.8, 4) is 0 Å². The Kier molecular flexibility index (Phi) is 302. The summed E-state index contributed by atoms with van der Waals surface area (Å²) in [6.07, 6.45) is 0. The maximum Gasteiger partial charge on any atom is 4.00 e. The van der Waals surface area contributed by atoms with Crippen molar-refractivity contribution in [2.24, 2.45) is 0 Å². The minimum atomic E-state index is 0. The molecule has 16 valence electrons.